The van der Waals surface area contributed by atoms with Crippen molar-refractivity contribution in [1.82, 2.24) is 5.32 Å². The van der Waals surface area contributed by atoms with Gasteiger partial charge in [-0.25, -0.2) is 0 Å². The molecule has 1 unspecified atom stereocenters. The van der Waals surface area contributed by atoms with Crippen molar-refractivity contribution in [3.8, 4) is 0 Å². The van der Waals surface area contributed by atoms with Crippen LogP contribution in [0.4, 0.5) is 0 Å². The highest BCUT2D eigenvalue weighted by molar-refractivity contribution is 5.79. The Hall–Kier alpha value is -1.10. The van der Waals surface area contributed by atoms with Crippen molar-refractivity contribution in [1.29, 1.82) is 0 Å². The molecule has 0 radical (unpaired) electrons. The predicted octanol–water partition coefficient (Wildman–Crippen LogP) is 1.95. The Balaban J connectivity index is 4.40. The van der Waals surface area contributed by atoms with Gasteiger partial charge in [-0.1, -0.05) is 20.8 Å². The van der Waals surface area contributed by atoms with Crippen LogP contribution in [-0.2, 0) is 14.3 Å². The Morgan fingerprint density at radius 2 is 1.83 bits per heavy atom. The van der Waals surface area contributed by atoms with Gasteiger partial charge in [-0.05, 0) is 26.2 Å². The van der Waals surface area contributed by atoms with Gasteiger partial charge in [0.05, 0.1) is 18.1 Å². The second-order valence-corrected chi connectivity index (χ2v) is 4.64. The van der Waals surface area contributed by atoms with Crippen LogP contribution in [0.15, 0.2) is 0 Å². The highest BCUT2D eigenvalue weighted by Gasteiger charge is 2.30. The van der Waals surface area contributed by atoms with E-state index in [1.54, 1.807) is 0 Å². The van der Waals surface area contributed by atoms with Crippen LogP contribution in [0, 0.1) is 0 Å². The van der Waals surface area contributed by atoms with Crippen LogP contribution in [0.1, 0.15) is 53.4 Å². The van der Waals surface area contributed by atoms with Crippen molar-refractivity contribution in [2.75, 3.05) is 6.61 Å². The topological polar surface area (TPSA) is 75.6 Å². The molecule has 1 amide bonds. The lowest BCUT2D eigenvalue weighted by Gasteiger charge is -2.31. The molecule has 2 N–H and O–H groups in total. The zero-order chi connectivity index (χ0) is 14.2. The monoisotopic (exact) mass is 259 g/mol. The number of carboxylic acid groups (broad SMARTS) is 1. The van der Waals surface area contributed by atoms with E-state index in [1.807, 2.05) is 27.7 Å². The van der Waals surface area contributed by atoms with Crippen molar-refractivity contribution in [3.63, 3.8) is 0 Å². The lowest BCUT2D eigenvalue weighted by Crippen LogP contribution is -2.50. The van der Waals surface area contributed by atoms with Crippen molar-refractivity contribution in [2.45, 2.75) is 65.0 Å². The van der Waals surface area contributed by atoms with Gasteiger partial charge in [-0.3, -0.25) is 9.59 Å². The van der Waals surface area contributed by atoms with Crippen molar-refractivity contribution in [2.24, 2.45) is 0 Å². The summed E-state index contributed by atoms with van der Waals surface area (Å²) in [5.41, 5.74) is -0.665. The Bertz CT molecular complexity index is 274. The Morgan fingerprint density at radius 1 is 1.28 bits per heavy atom. The van der Waals surface area contributed by atoms with Crippen LogP contribution >= 0.6 is 0 Å². The van der Waals surface area contributed by atoms with Crippen LogP contribution in [0.3, 0.4) is 0 Å². The minimum Gasteiger partial charge on any atom is -0.481 e. The fraction of sp³-hybridized carbons (Fsp3) is 0.846. The summed E-state index contributed by atoms with van der Waals surface area (Å²) in [6, 6.07) is 0. The number of hydrogen-bond donors (Lipinski definition) is 2. The maximum absolute atomic E-state index is 11.7. The molecule has 0 bridgehead atoms. The number of carboxylic acids is 1. The Labute approximate surface area is 109 Å². The average Bonchev–Trinajstić information content (AvgIpc) is 2.34. The molecule has 0 aromatic heterocycles. The molecule has 1 atom stereocenters. The van der Waals surface area contributed by atoms with E-state index < -0.39 is 11.5 Å². The predicted molar refractivity (Wildman–Crippen MR) is 69.4 cm³/mol. The molecular weight excluding hydrogens is 234 g/mol. The van der Waals surface area contributed by atoms with Gasteiger partial charge < -0.3 is 15.2 Å². The summed E-state index contributed by atoms with van der Waals surface area (Å²) in [7, 11) is 0. The van der Waals surface area contributed by atoms with E-state index in [2.05, 4.69) is 5.32 Å². The molecule has 0 aliphatic heterocycles. The molecule has 0 rings (SSSR count). The molecule has 106 valence electrons. The van der Waals surface area contributed by atoms with Gasteiger partial charge in [-0.15, -0.1) is 0 Å². The number of hydrogen-bond acceptors (Lipinski definition) is 3. The third-order valence-corrected chi connectivity index (χ3v) is 3.32. The number of amides is 1. The molecule has 5 heteroatoms. The van der Waals surface area contributed by atoms with Gasteiger partial charge in [0.15, 0.2) is 0 Å². The molecule has 0 aromatic carbocycles. The molecule has 0 spiro atoms. The minimum atomic E-state index is -0.901. The first-order chi connectivity index (χ1) is 8.39. The third kappa shape index (κ3) is 6.00. The summed E-state index contributed by atoms with van der Waals surface area (Å²) in [5.74, 6) is -1.15. The highest BCUT2D eigenvalue weighted by atomic mass is 16.5. The summed E-state index contributed by atoms with van der Waals surface area (Å²) in [6.45, 7) is 7.62. The SMILES string of the molecule is CCC(C)OCC(=O)NC(CC)(CC)CC(=O)O. The molecule has 0 aliphatic rings. The number of ether oxygens (including phenoxy) is 1. The maximum atomic E-state index is 11.7. The van der Waals surface area contributed by atoms with Crippen LogP contribution < -0.4 is 5.32 Å². The van der Waals surface area contributed by atoms with Crippen molar-refractivity contribution < 1.29 is 19.4 Å². The fourth-order valence-electron chi connectivity index (χ4n) is 1.68. The molecule has 0 fully saturated rings. The summed E-state index contributed by atoms with van der Waals surface area (Å²) in [4.78, 5) is 22.6. The first kappa shape index (κ1) is 16.9. The Morgan fingerprint density at radius 3 is 2.22 bits per heavy atom. The van der Waals surface area contributed by atoms with Gasteiger partial charge in [0.1, 0.15) is 6.61 Å². The van der Waals surface area contributed by atoms with E-state index in [4.69, 9.17) is 9.84 Å². The summed E-state index contributed by atoms with van der Waals surface area (Å²) in [5, 5.41) is 11.7. The van der Waals surface area contributed by atoms with Crippen LogP contribution in [0.5, 0.6) is 0 Å². The van der Waals surface area contributed by atoms with Gasteiger partial charge >= 0.3 is 5.97 Å². The number of rotatable bonds is 9. The molecule has 0 aliphatic carbocycles. The van der Waals surface area contributed by atoms with Gasteiger partial charge in [0.25, 0.3) is 0 Å². The molecule has 0 saturated carbocycles. The van der Waals surface area contributed by atoms with E-state index in [0.29, 0.717) is 12.8 Å². The lowest BCUT2D eigenvalue weighted by atomic mass is 9.89. The third-order valence-electron chi connectivity index (χ3n) is 3.32. The zero-order valence-electron chi connectivity index (χ0n) is 11.8. The average molecular weight is 259 g/mol. The number of carbonyl (C=O) groups excluding carboxylic acids is 1. The molecule has 5 nitrogen and oxygen atoms in total. The molecule has 0 aromatic rings. The fourth-order valence-corrected chi connectivity index (χ4v) is 1.68. The maximum Gasteiger partial charge on any atom is 0.305 e. The van der Waals surface area contributed by atoms with Gasteiger partial charge in [0, 0.05) is 0 Å². The highest BCUT2D eigenvalue weighted by Crippen LogP contribution is 2.19. The standard InChI is InChI=1S/C13H25NO4/c1-5-10(4)18-9-11(15)14-13(6-2,7-3)8-12(16)17/h10H,5-9H2,1-4H3,(H,14,15)(H,16,17). The number of nitrogens with one attached hydrogen (secondary N) is 1. The minimum absolute atomic E-state index is 0.0175. The van der Waals surface area contributed by atoms with Crippen LogP contribution in [-0.4, -0.2) is 35.2 Å². The quantitative estimate of drug-likeness (QED) is 0.663. The van der Waals surface area contributed by atoms with Crippen LogP contribution in [0.2, 0.25) is 0 Å². The van der Waals surface area contributed by atoms with E-state index in [1.165, 1.54) is 0 Å². The van der Waals surface area contributed by atoms with Gasteiger partial charge in [-0.2, -0.15) is 0 Å². The molecule has 0 saturated heterocycles. The zero-order valence-corrected chi connectivity index (χ0v) is 11.8. The van der Waals surface area contributed by atoms with E-state index in [0.717, 1.165) is 6.42 Å². The second-order valence-electron chi connectivity index (χ2n) is 4.64. The van der Waals surface area contributed by atoms with E-state index in [-0.39, 0.29) is 25.0 Å². The lowest BCUT2D eigenvalue weighted by molar-refractivity contribution is -0.139. The normalized spacial score (nSPS) is 13.1. The number of aliphatic carboxylic acids is 1. The first-order valence-electron chi connectivity index (χ1n) is 6.53. The second kappa shape index (κ2) is 8.08. The van der Waals surface area contributed by atoms with E-state index in [9.17, 15) is 9.59 Å². The summed E-state index contributed by atoms with van der Waals surface area (Å²) in [6.07, 6.45) is 1.99. The van der Waals surface area contributed by atoms with Crippen molar-refractivity contribution in [3.05, 3.63) is 0 Å². The number of carbonyl (C=O) groups is 2. The molecule has 18 heavy (non-hydrogen) atoms. The molecular formula is C13H25NO4. The Kier molecular flexibility index (Phi) is 7.59. The molecule has 0 heterocycles. The smallest absolute Gasteiger partial charge is 0.305 e. The van der Waals surface area contributed by atoms with Crippen LogP contribution in [0.25, 0.3) is 0 Å². The largest absolute Gasteiger partial charge is 0.481 e. The summed E-state index contributed by atoms with van der Waals surface area (Å²) < 4.78 is 5.33. The van der Waals surface area contributed by atoms with E-state index >= 15 is 0 Å². The first-order valence-corrected chi connectivity index (χ1v) is 6.53. The summed E-state index contributed by atoms with van der Waals surface area (Å²) >= 11 is 0. The van der Waals surface area contributed by atoms with Gasteiger partial charge in [0.2, 0.25) is 5.91 Å². The van der Waals surface area contributed by atoms with Crippen molar-refractivity contribution >= 4 is 11.9 Å².